The van der Waals surface area contributed by atoms with Crippen molar-refractivity contribution in [1.29, 1.82) is 0 Å². The zero-order valence-electron chi connectivity index (χ0n) is 16.8. The van der Waals surface area contributed by atoms with Crippen molar-refractivity contribution in [3.8, 4) is 0 Å². The molecule has 1 saturated heterocycles. The fourth-order valence-corrected chi connectivity index (χ4v) is 3.09. The van der Waals surface area contributed by atoms with Crippen molar-refractivity contribution in [2.45, 2.75) is 31.3 Å². The topological polar surface area (TPSA) is 143 Å². The quantitative estimate of drug-likeness (QED) is 0.282. The number of likely N-dealkylation sites (tertiary alicyclic amines) is 1. The van der Waals surface area contributed by atoms with E-state index in [0.29, 0.717) is 12.8 Å². The highest BCUT2D eigenvalue weighted by Gasteiger charge is 2.43. The van der Waals surface area contributed by atoms with Gasteiger partial charge >= 0.3 is 12.0 Å². The molecule has 1 aliphatic rings. The SMILES string of the molecule is C=CCNC(=O)NC1CCN(C(=O)c2cnccn2)C1C(=O)NCCCC(=O)OC. The Labute approximate surface area is 174 Å². The van der Waals surface area contributed by atoms with Crippen LogP contribution in [0.4, 0.5) is 4.79 Å². The molecule has 0 aromatic carbocycles. The summed E-state index contributed by atoms with van der Waals surface area (Å²) in [5.41, 5.74) is 0.109. The average Bonchev–Trinajstić information content (AvgIpc) is 3.18. The van der Waals surface area contributed by atoms with Crippen LogP contribution in [0.25, 0.3) is 0 Å². The first-order valence-electron chi connectivity index (χ1n) is 9.54. The average molecular weight is 418 g/mol. The number of hydrogen-bond acceptors (Lipinski definition) is 7. The smallest absolute Gasteiger partial charge is 0.315 e. The number of methoxy groups -OCH3 is 1. The minimum Gasteiger partial charge on any atom is -0.469 e. The molecule has 162 valence electrons. The largest absolute Gasteiger partial charge is 0.469 e. The summed E-state index contributed by atoms with van der Waals surface area (Å²) in [6.07, 6.45) is 6.64. The van der Waals surface area contributed by atoms with Gasteiger partial charge in [0.15, 0.2) is 0 Å². The van der Waals surface area contributed by atoms with Gasteiger partial charge in [-0.15, -0.1) is 6.58 Å². The van der Waals surface area contributed by atoms with Gasteiger partial charge < -0.3 is 25.6 Å². The Morgan fingerprint density at radius 3 is 2.77 bits per heavy atom. The summed E-state index contributed by atoms with van der Waals surface area (Å²) in [4.78, 5) is 58.3. The van der Waals surface area contributed by atoms with Crippen molar-refractivity contribution in [2.75, 3.05) is 26.7 Å². The van der Waals surface area contributed by atoms with Gasteiger partial charge in [0.25, 0.3) is 5.91 Å². The number of nitrogens with zero attached hydrogens (tertiary/aromatic N) is 3. The number of esters is 1. The number of amides is 4. The molecule has 1 aliphatic heterocycles. The molecule has 1 fully saturated rings. The summed E-state index contributed by atoms with van der Waals surface area (Å²) in [6, 6.07) is -1.97. The molecule has 1 aromatic heterocycles. The van der Waals surface area contributed by atoms with E-state index in [9.17, 15) is 19.2 Å². The lowest BCUT2D eigenvalue weighted by atomic mass is 10.1. The van der Waals surface area contributed by atoms with E-state index in [1.807, 2.05) is 0 Å². The molecule has 2 atom stereocenters. The molecule has 0 radical (unpaired) electrons. The highest BCUT2D eigenvalue weighted by atomic mass is 16.5. The Kier molecular flexibility index (Phi) is 8.73. The van der Waals surface area contributed by atoms with Gasteiger partial charge in [0.05, 0.1) is 19.3 Å². The zero-order chi connectivity index (χ0) is 21.9. The molecule has 2 unspecified atom stereocenters. The van der Waals surface area contributed by atoms with Gasteiger partial charge in [0.1, 0.15) is 11.7 Å². The molecule has 1 aromatic rings. The van der Waals surface area contributed by atoms with Gasteiger partial charge in [-0.1, -0.05) is 6.08 Å². The molecule has 11 heteroatoms. The third-order valence-corrected chi connectivity index (χ3v) is 4.52. The summed E-state index contributed by atoms with van der Waals surface area (Å²) in [6.45, 7) is 4.30. The first-order chi connectivity index (χ1) is 14.5. The van der Waals surface area contributed by atoms with E-state index in [0.717, 1.165) is 0 Å². The van der Waals surface area contributed by atoms with Crippen molar-refractivity contribution in [2.24, 2.45) is 0 Å². The Hall–Kier alpha value is -3.50. The van der Waals surface area contributed by atoms with Crippen LogP contribution >= 0.6 is 0 Å². The number of carbonyl (C=O) groups excluding carboxylic acids is 4. The number of urea groups is 1. The number of aromatic nitrogens is 2. The van der Waals surface area contributed by atoms with E-state index < -0.39 is 29.9 Å². The van der Waals surface area contributed by atoms with E-state index in [4.69, 9.17) is 0 Å². The van der Waals surface area contributed by atoms with E-state index >= 15 is 0 Å². The number of nitrogens with one attached hydrogen (secondary N) is 3. The van der Waals surface area contributed by atoms with Crippen LogP contribution < -0.4 is 16.0 Å². The Bertz CT molecular complexity index is 772. The van der Waals surface area contributed by atoms with Crippen molar-refractivity contribution in [1.82, 2.24) is 30.8 Å². The number of hydrogen-bond donors (Lipinski definition) is 3. The van der Waals surface area contributed by atoms with Crippen LogP contribution in [-0.4, -0.2) is 77.5 Å². The molecule has 0 aliphatic carbocycles. The minimum absolute atomic E-state index is 0.109. The second-order valence-corrected chi connectivity index (χ2v) is 6.54. The van der Waals surface area contributed by atoms with Gasteiger partial charge in [-0.25, -0.2) is 9.78 Å². The third kappa shape index (κ3) is 6.26. The Morgan fingerprint density at radius 2 is 2.10 bits per heavy atom. The van der Waals surface area contributed by atoms with Crippen LogP contribution in [-0.2, 0) is 14.3 Å². The molecule has 11 nitrogen and oxygen atoms in total. The zero-order valence-corrected chi connectivity index (χ0v) is 16.8. The number of carbonyl (C=O) groups is 4. The van der Waals surface area contributed by atoms with Crippen molar-refractivity contribution in [3.05, 3.63) is 36.9 Å². The maximum absolute atomic E-state index is 12.9. The monoisotopic (exact) mass is 418 g/mol. The first-order valence-corrected chi connectivity index (χ1v) is 9.54. The minimum atomic E-state index is -0.924. The van der Waals surface area contributed by atoms with Crippen LogP contribution in [0.5, 0.6) is 0 Å². The van der Waals surface area contributed by atoms with Crippen LogP contribution in [0.15, 0.2) is 31.2 Å². The van der Waals surface area contributed by atoms with Gasteiger partial charge in [-0.2, -0.15) is 0 Å². The van der Waals surface area contributed by atoms with Gasteiger partial charge in [-0.3, -0.25) is 19.4 Å². The Morgan fingerprint density at radius 1 is 1.30 bits per heavy atom. The molecule has 0 saturated carbocycles. The molecule has 30 heavy (non-hydrogen) atoms. The fraction of sp³-hybridized carbons (Fsp3) is 0.474. The lowest BCUT2D eigenvalue weighted by Crippen LogP contribution is -2.56. The maximum Gasteiger partial charge on any atom is 0.315 e. The number of rotatable bonds is 9. The normalized spacial score (nSPS) is 17.7. The third-order valence-electron chi connectivity index (χ3n) is 4.52. The summed E-state index contributed by atoms with van der Waals surface area (Å²) in [5.74, 6) is -1.25. The molecular weight excluding hydrogens is 392 g/mol. The predicted molar refractivity (Wildman–Crippen MR) is 106 cm³/mol. The van der Waals surface area contributed by atoms with Crippen LogP contribution in [0, 0.1) is 0 Å². The lowest BCUT2D eigenvalue weighted by molar-refractivity contribution is -0.140. The van der Waals surface area contributed by atoms with Gasteiger partial charge in [0, 0.05) is 38.4 Å². The second kappa shape index (κ2) is 11.5. The molecule has 4 amide bonds. The van der Waals surface area contributed by atoms with E-state index in [1.54, 1.807) is 0 Å². The van der Waals surface area contributed by atoms with Crippen molar-refractivity contribution >= 4 is 23.8 Å². The van der Waals surface area contributed by atoms with Crippen LogP contribution in [0.1, 0.15) is 29.8 Å². The summed E-state index contributed by atoms with van der Waals surface area (Å²) in [7, 11) is 1.29. The summed E-state index contributed by atoms with van der Waals surface area (Å²) >= 11 is 0. The van der Waals surface area contributed by atoms with Gasteiger partial charge in [0.2, 0.25) is 5.91 Å². The molecule has 0 bridgehead atoms. The summed E-state index contributed by atoms with van der Waals surface area (Å²) in [5, 5.41) is 8.05. The molecule has 2 heterocycles. The van der Waals surface area contributed by atoms with Crippen molar-refractivity contribution < 1.29 is 23.9 Å². The molecule has 0 spiro atoms. The predicted octanol–water partition coefficient (Wildman–Crippen LogP) is -0.386. The highest BCUT2D eigenvalue weighted by molar-refractivity contribution is 5.97. The van der Waals surface area contributed by atoms with Crippen LogP contribution in [0.3, 0.4) is 0 Å². The Balaban J connectivity index is 2.08. The van der Waals surface area contributed by atoms with E-state index in [2.05, 4.69) is 37.2 Å². The summed E-state index contributed by atoms with van der Waals surface area (Å²) < 4.78 is 4.57. The van der Waals surface area contributed by atoms with E-state index in [1.165, 1.54) is 36.7 Å². The molecule has 3 N–H and O–H groups in total. The van der Waals surface area contributed by atoms with Crippen molar-refractivity contribution in [3.63, 3.8) is 0 Å². The molecule has 2 rings (SSSR count). The first kappa shape index (κ1) is 22.8. The lowest BCUT2D eigenvalue weighted by Gasteiger charge is -2.27. The van der Waals surface area contributed by atoms with Gasteiger partial charge in [-0.05, 0) is 12.8 Å². The highest BCUT2D eigenvalue weighted by Crippen LogP contribution is 2.21. The number of ether oxygens (including phenoxy) is 1. The molecular formula is C19H26N6O5. The standard InChI is InChI=1S/C19H26N6O5/c1-3-7-23-19(29)24-13-6-11-25(18(28)14-12-20-9-10-21-14)16(13)17(27)22-8-4-5-15(26)30-2/h3,9-10,12-13,16H,1,4-8,11H2,2H3,(H,22,27)(H2,23,24,29). The second-order valence-electron chi connectivity index (χ2n) is 6.54. The van der Waals surface area contributed by atoms with E-state index in [-0.39, 0.29) is 37.7 Å². The maximum atomic E-state index is 12.9. The van der Waals surface area contributed by atoms with Crippen LogP contribution in [0.2, 0.25) is 0 Å². The fourth-order valence-electron chi connectivity index (χ4n) is 3.09.